The summed E-state index contributed by atoms with van der Waals surface area (Å²) < 4.78 is 10.4. The van der Waals surface area contributed by atoms with Crippen LogP contribution in [0.25, 0.3) is 0 Å². The molecule has 0 saturated carbocycles. The average molecular weight is 500 g/mol. The minimum absolute atomic E-state index is 0.0657. The molecule has 1 aliphatic rings. The van der Waals surface area contributed by atoms with Gasteiger partial charge in [0.1, 0.15) is 23.6 Å². The highest BCUT2D eigenvalue weighted by Gasteiger charge is 2.33. The van der Waals surface area contributed by atoms with Crippen molar-refractivity contribution in [1.29, 1.82) is 0 Å². The van der Waals surface area contributed by atoms with Crippen LogP contribution in [-0.4, -0.2) is 71.9 Å². The Balaban J connectivity index is 1.73. The standard InChI is InChI=1S/C25H29N3O8/c1-14-23(28-24(33)16-5-9-18(35-2)10-6-16)25(34)26-13-21(31)27-19(20(30)12-22(32)36-14)11-15-3-7-17(29)8-4-15/h3-10,14,19-20,23,29-30H,11-13H2,1-2H3,(H,26,34)(H,27,31)(H,28,33)/t14-,19-,20+,23-/m0/s1. The van der Waals surface area contributed by atoms with Gasteiger partial charge in [-0.3, -0.25) is 19.2 Å². The molecule has 1 fully saturated rings. The minimum atomic E-state index is -1.29. The fourth-order valence-corrected chi connectivity index (χ4v) is 3.70. The molecule has 11 heteroatoms. The summed E-state index contributed by atoms with van der Waals surface area (Å²) in [5, 5.41) is 27.7. The van der Waals surface area contributed by atoms with Gasteiger partial charge in [-0.1, -0.05) is 12.1 Å². The Kier molecular flexibility index (Phi) is 8.85. The second-order valence-electron chi connectivity index (χ2n) is 8.41. The maximum Gasteiger partial charge on any atom is 0.308 e. The van der Waals surface area contributed by atoms with Crippen molar-refractivity contribution < 1.29 is 38.9 Å². The number of aromatic hydroxyl groups is 1. The summed E-state index contributed by atoms with van der Waals surface area (Å²) in [5.41, 5.74) is 0.954. The van der Waals surface area contributed by atoms with Crippen molar-refractivity contribution in [3.63, 3.8) is 0 Å². The number of phenolic OH excluding ortho intramolecular Hbond substituents is 1. The van der Waals surface area contributed by atoms with Gasteiger partial charge in [-0.15, -0.1) is 0 Å². The molecule has 5 N–H and O–H groups in total. The number of hydrogen-bond donors (Lipinski definition) is 5. The topological polar surface area (TPSA) is 163 Å². The van der Waals surface area contributed by atoms with Crippen LogP contribution in [0.2, 0.25) is 0 Å². The zero-order valence-electron chi connectivity index (χ0n) is 19.9. The molecule has 0 bridgehead atoms. The van der Waals surface area contributed by atoms with Gasteiger partial charge in [0, 0.05) is 5.56 Å². The molecule has 1 saturated heterocycles. The summed E-state index contributed by atoms with van der Waals surface area (Å²) in [6, 6.07) is 10.2. The summed E-state index contributed by atoms with van der Waals surface area (Å²) >= 11 is 0. The number of rotatable bonds is 5. The fraction of sp³-hybridized carbons (Fsp3) is 0.360. The summed E-state index contributed by atoms with van der Waals surface area (Å²) in [4.78, 5) is 50.6. The van der Waals surface area contributed by atoms with Crippen molar-refractivity contribution in [2.24, 2.45) is 0 Å². The lowest BCUT2D eigenvalue weighted by Crippen LogP contribution is -2.56. The first-order chi connectivity index (χ1) is 17.2. The van der Waals surface area contributed by atoms with Crippen LogP contribution in [0.3, 0.4) is 0 Å². The number of hydrogen-bond acceptors (Lipinski definition) is 8. The first-order valence-electron chi connectivity index (χ1n) is 11.3. The number of phenols is 1. The van der Waals surface area contributed by atoms with Crippen LogP contribution in [0, 0.1) is 0 Å². The smallest absolute Gasteiger partial charge is 0.308 e. The molecular formula is C25H29N3O8. The van der Waals surface area contributed by atoms with E-state index in [-0.39, 0.29) is 17.7 Å². The van der Waals surface area contributed by atoms with Gasteiger partial charge in [-0.05, 0) is 55.3 Å². The number of methoxy groups -OCH3 is 1. The number of ether oxygens (including phenoxy) is 2. The Morgan fingerprint density at radius 1 is 1.11 bits per heavy atom. The Morgan fingerprint density at radius 3 is 2.42 bits per heavy atom. The van der Waals surface area contributed by atoms with E-state index in [4.69, 9.17) is 9.47 Å². The van der Waals surface area contributed by atoms with Gasteiger partial charge in [0.05, 0.1) is 32.2 Å². The number of aliphatic hydroxyl groups excluding tert-OH is 1. The highest BCUT2D eigenvalue weighted by Crippen LogP contribution is 2.16. The SMILES string of the molecule is COc1ccc(C(=O)N[C@@H]2C(=O)NCC(=O)N[C@@H](Cc3ccc(O)cc3)[C@H](O)CC(=O)O[C@H]2C)cc1. The molecule has 2 aromatic carbocycles. The molecule has 1 aliphatic heterocycles. The van der Waals surface area contributed by atoms with Crippen molar-refractivity contribution in [2.45, 2.75) is 44.1 Å². The van der Waals surface area contributed by atoms with Crippen LogP contribution in [0.1, 0.15) is 29.3 Å². The quantitative estimate of drug-likeness (QED) is 0.360. The Hall–Kier alpha value is -4.12. The third kappa shape index (κ3) is 7.19. The molecule has 11 nitrogen and oxygen atoms in total. The molecule has 0 spiro atoms. The van der Waals surface area contributed by atoms with Crippen molar-refractivity contribution in [2.75, 3.05) is 13.7 Å². The highest BCUT2D eigenvalue weighted by molar-refractivity contribution is 5.98. The van der Waals surface area contributed by atoms with Crippen LogP contribution in [0.4, 0.5) is 0 Å². The maximum atomic E-state index is 12.8. The van der Waals surface area contributed by atoms with E-state index in [1.807, 2.05) is 0 Å². The molecular weight excluding hydrogens is 470 g/mol. The van der Waals surface area contributed by atoms with Crippen molar-refractivity contribution in [3.05, 3.63) is 59.7 Å². The number of aliphatic hydroxyl groups is 1. The number of benzene rings is 2. The Morgan fingerprint density at radius 2 is 1.78 bits per heavy atom. The molecule has 0 radical (unpaired) electrons. The largest absolute Gasteiger partial charge is 0.508 e. The van der Waals surface area contributed by atoms with E-state index in [0.29, 0.717) is 11.3 Å². The second-order valence-corrected chi connectivity index (χ2v) is 8.41. The zero-order valence-corrected chi connectivity index (χ0v) is 19.9. The van der Waals surface area contributed by atoms with E-state index in [0.717, 1.165) is 0 Å². The van der Waals surface area contributed by atoms with E-state index < -0.39 is 60.9 Å². The van der Waals surface area contributed by atoms with Gasteiger partial charge in [0.15, 0.2) is 0 Å². The van der Waals surface area contributed by atoms with E-state index in [9.17, 15) is 29.4 Å². The lowest BCUT2D eigenvalue weighted by molar-refractivity contribution is -0.154. The monoisotopic (exact) mass is 499 g/mol. The molecule has 0 unspecified atom stereocenters. The molecule has 2 aromatic rings. The molecule has 0 aliphatic carbocycles. The van der Waals surface area contributed by atoms with Crippen molar-refractivity contribution in [3.8, 4) is 11.5 Å². The lowest BCUT2D eigenvalue weighted by atomic mass is 9.98. The normalized spacial score (nSPS) is 23.2. The number of amides is 3. The first-order valence-corrected chi connectivity index (χ1v) is 11.3. The van der Waals surface area contributed by atoms with Crippen LogP contribution in [0.5, 0.6) is 11.5 Å². The summed E-state index contributed by atoms with van der Waals surface area (Å²) in [5.74, 6) is -2.10. The van der Waals surface area contributed by atoms with E-state index >= 15 is 0 Å². The maximum absolute atomic E-state index is 12.8. The highest BCUT2D eigenvalue weighted by atomic mass is 16.5. The molecule has 36 heavy (non-hydrogen) atoms. The zero-order chi connectivity index (χ0) is 26.2. The second kappa shape index (κ2) is 12.0. The van der Waals surface area contributed by atoms with Gasteiger partial charge in [0.25, 0.3) is 5.91 Å². The third-order valence-electron chi connectivity index (χ3n) is 5.71. The first kappa shape index (κ1) is 26.5. The van der Waals surface area contributed by atoms with E-state index in [1.165, 1.54) is 38.3 Å². The van der Waals surface area contributed by atoms with Crippen LogP contribution in [-0.2, 0) is 25.5 Å². The predicted molar refractivity (Wildman–Crippen MR) is 127 cm³/mol. The summed E-state index contributed by atoms with van der Waals surface area (Å²) in [7, 11) is 1.49. The van der Waals surface area contributed by atoms with E-state index in [1.54, 1.807) is 24.3 Å². The van der Waals surface area contributed by atoms with Crippen molar-refractivity contribution in [1.82, 2.24) is 16.0 Å². The molecule has 0 aromatic heterocycles. The molecule has 3 rings (SSSR count). The van der Waals surface area contributed by atoms with Gasteiger partial charge >= 0.3 is 5.97 Å². The van der Waals surface area contributed by atoms with Crippen LogP contribution < -0.4 is 20.7 Å². The lowest BCUT2D eigenvalue weighted by Gasteiger charge is -2.28. The third-order valence-corrected chi connectivity index (χ3v) is 5.71. The number of carbonyl (C=O) groups excluding carboxylic acids is 4. The number of cyclic esters (lactones) is 1. The Labute approximate surface area is 207 Å². The van der Waals surface area contributed by atoms with Gasteiger partial charge in [0.2, 0.25) is 11.8 Å². The molecule has 1 heterocycles. The molecule has 192 valence electrons. The van der Waals surface area contributed by atoms with Crippen molar-refractivity contribution >= 4 is 23.7 Å². The minimum Gasteiger partial charge on any atom is -0.508 e. The number of nitrogens with one attached hydrogen (secondary N) is 3. The average Bonchev–Trinajstić information content (AvgIpc) is 2.85. The fourth-order valence-electron chi connectivity index (χ4n) is 3.70. The van der Waals surface area contributed by atoms with Gasteiger partial charge in [-0.25, -0.2) is 0 Å². The summed E-state index contributed by atoms with van der Waals surface area (Å²) in [6.45, 7) is 1.01. The van der Waals surface area contributed by atoms with E-state index in [2.05, 4.69) is 16.0 Å². The van der Waals surface area contributed by atoms with Crippen LogP contribution in [0.15, 0.2) is 48.5 Å². The Bertz CT molecular complexity index is 1090. The number of carbonyl (C=O) groups is 4. The molecule has 3 amide bonds. The van der Waals surface area contributed by atoms with Gasteiger partial charge in [-0.2, -0.15) is 0 Å². The molecule has 4 atom stereocenters. The number of esters is 1. The summed E-state index contributed by atoms with van der Waals surface area (Å²) in [6.07, 6.45) is -2.66. The van der Waals surface area contributed by atoms with Gasteiger partial charge < -0.3 is 35.6 Å². The van der Waals surface area contributed by atoms with Crippen LogP contribution >= 0.6 is 0 Å². The predicted octanol–water partition coefficient (Wildman–Crippen LogP) is 0.0392.